The van der Waals surface area contributed by atoms with E-state index in [1.165, 1.54) is 0 Å². The first kappa shape index (κ1) is 9.12. The summed E-state index contributed by atoms with van der Waals surface area (Å²) in [6, 6.07) is 2.29. The molecule has 2 aliphatic heterocycles. The van der Waals surface area contributed by atoms with E-state index in [2.05, 4.69) is 11.4 Å². The fourth-order valence-corrected chi connectivity index (χ4v) is 2.34. The average Bonchev–Trinajstić information content (AvgIpc) is 2.87. The lowest BCUT2D eigenvalue weighted by atomic mass is 10.1. The molecule has 0 aromatic carbocycles. The molecule has 2 aliphatic rings. The molecule has 0 amide bonds. The molecule has 1 atom stereocenters. The largest absolute Gasteiger partial charge is 0.379 e. The summed E-state index contributed by atoms with van der Waals surface area (Å²) in [5.41, 5.74) is 2.24. The number of hydrogen-bond donors (Lipinski definition) is 1. The molecule has 0 radical (unpaired) electrons. The molecule has 1 saturated heterocycles. The van der Waals surface area contributed by atoms with Crippen LogP contribution >= 0.6 is 0 Å². The highest BCUT2D eigenvalue weighted by Gasteiger charge is 2.22. The van der Waals surface area contributed by atoms with Crippen molar-refractivity contribution in [3.63, 3.8) is 0 Å². The van der Waals surface area contributed by atoms with Crippen LogP contribution < -0.4 is 10.9 Å². The molecule has 1 aromatic heterocycles. The van der Waals surface area contributed by atoms with Gasteiger partial charge in [0.25, 0.3) is 5.56 Å². The Morgan fingerprint density at radius 2 is 2.40 bits per heavy atom. The maximum absolute atomic E-state index is 12.1. The molecule has 1 aromatic rings. The van der Waals surface area contributed by atoms with Crippen LogP contribution in [0.5, 0.6) is 0 Å². The highest BCUT2D eigenvalue weighted by atomic mass is 16.5. The first-order valence-electron chi connectivity index (χ1n) is 5.37. The van der Waals surface area contributed by atoms with Crippen molar-refractivity contribution in [1.29, 1.82) is 0 Å². The smallest absolute Gasteiger partial charge is 0.255 e. The van der Waals surface area contributed by atoms with Gasteiger partial charge >= 0.3 is 0 Å². The second-order valence-corrected chi connectivity index (χ2v) is 4.15. The van der Waals surface area contributed by atoms with Gasteiger partial charge in [-0.2, -0.15) is 0 Å². The summed E-state index contributed by atoms with van der Waals surface area (Å²) in [7, 11) is 0. The number of fused-ring (bicyclic) bond motifs is 1. The first-order chi connectivity index (χ1) is 7.36. The Balaban J connectivity index is 2.06. The van der Waals surface area contributed by atoms with E-state index in [9.17, 15) is 4.79 Å². The summed E-state index contributed by atoms with van der Waals surface area (Å²) in [4.78, 5) is 12.1. The maximum atomic E-state index is 12.1. The lowest BCUT2D eigenvalue weighted by molar-refractivity contribution is 0.186. The van der Waals surface area contributed by atoms with Gasteiger partial charge in [0.15, 0.2) is 0 Å². The third kappa shape index (κ3) is 1.41. The van der Waals surface area contributed by atoms with Gasteiger partial charge in [-0.05, 0) is 18.1 Å². The molecule has 0 spiro atoms. The van der Waals surface area contributed by atoms with Crippen molar-refractivity contribution >= 4 is 0 Å². The fraction of sp³-hybridized carbons (Fsp3) is 0.545. The normalized spacial score (nSPS) is 24.4. The first-order valence-corrected chi connectivity index (χ1v) is 5.37. The zero-order valence-electron chi connectivity index (χ0n) is 8.53. The molecular weight excluding hydrogens is 192 g/mol. The summed E-state index contributed by atoms with van der Waals surface area (Å²) < 4.78 is 7.14. The van der Waals surface area contributed by atoms with Crippen molar-refractivity contribution in [3.8, 4) is 0 Å². The van der Waals surface area contributed by atoms with Crippen LogP contribution in [0.1, 0.15) is 23.6 Å². The van der Waals surface area contributed by atoms with Crippen LogP contribution in [-0.2, 0) is 17.8 Å². The lowest BCUT2D eigenvalue weighted by Crippen LogP contribution is -2.27. The molecule has 0 aliphatic carbocycles. The van der Waals surface area contributed by atoms with Gasteiger partial charge in [-0.1, -0.05) is 0 Å². The van der Waals surface area contributed by atoms with Crippen molar-refractivity contribution in [3.05, 3.63) is 33.7 Å². The zero-order valence-corrected chi connectivity index (χ0v) is 8.53. The van der Waals surface area contributed by atoms with Crippen LogP contribution in [0.15, 0.2) is 17.1 Å². The number of nitrogens with one attached hydrogen (secondary N) is 1. The van der Waals surface area contributed by atoms with E-state index in [1.807, 2.05) is 10.8 Å². The number of ether oxygens (including phenoxy) is 1. The molecule has 4 nitrogen and oxygen atoms in total. The Labute approximate surface area is 87.9 Å². The van der Waals surface area contributed by atoms with Gasteiger partial charge in [0.1, 0.15) is 0 Å². The average molecular weight is 206 g/mol. The number of hydrogen-bond acceptors (Lipinski definition) is 3. The maximum Gasteiger partial charge on any atom is 0.255 e. The Bertz CT molecular complexity index is 433. The third-order valence-corrected chi connectivity index (χ3v) is 3.23. The van der Waals surface area contributed by atoms with Crippen LogP contribution in [0, 0.1) is 0 Å². The Morgan fingerprint density at radius 3 is 3.20 bits per heavy atom. The van der Waals surface area contributed by atoms with Gasteiger partial charge in [0.05, 0.1) is 12.6 Å². The summed E-state index contributed by atoms with van der Waals surface area (Å²) >= 11 is 0. The minimum atomic E-state index is 0.160. The molecule has 0 saturated carbocycles. The monoisotopic (exact) mass is 206 g/mol. The predicted octanol–water partition coefficient (Wildman–Crippen LogP) is 0.413. The Morgan fingerprint density at radius 1 is 1.47 bits per heavy atom. The fourth-order valence-electron chi connectivity index (χ4n) is 2.34. The second kappa shape index (κ2) is 3.47. The van der Waals surface area contributed by atoms with E-state index in [0.29, 0.717) is 13.2 Å². The topological polar surface area (TPSA) is 43.3 Å². The molecule has 80 valence electrons. The Kier molecular flexibility index (Phi) is 2.11. The standard InChI is InChI=1S/C11H14N2O2/c14-11-10-6-12-5-8(10)1-3-13(11)9-2-4-15-7-9/h1,3,9,12H,2,4-7H2/t9-/m0/s1. The number of nitrogens with zero attached hydrogens (tertiary/aromatic N) is 1. The molecule has 3 rings (SSSR count). The predicted molar refractivity (Wildman–Crippen MR) is 55.7 cm³/mol. The highest BCUT2D eigenvalue weighted by molar-refractivity contribution is 5.27. The molecule has 4 heteroatoms. The van der Waals surface area contributed by atoms with Crippen molar-refractivity contribution in [2.45, 2.75) is 25.6 Å². The zero-order chi connectivity index (χ0) is 10.3. The van der Waals surface area contributed by atoms with Crippen molar-refractivity contribution in [2.75, 3.05) is 13.2 Å². The minimum absolute atomic E-state index is 0.160. The molecule has 1 N–H and O–H groups in total. The number of rotatable bonds is 1. The summed E-state index contributed by atoms with van der Waals surface area (Å²) in [6.45, 7) is 2.98. The molecule has 15 heavy (non-hydrogen) atoms. The van der Waals surface area contributed by atoms with Crippen molar-refractivity contribution in [2.24, 2.45) is 0 Å². The van der Waals surface area contributed by atoms with Crippen molar-refractivity contribution in [1.82, 2.24) is 9.88 Å². The number of pyridine rings is 1. The quantitative estimate of drug-likeness (QED) is 0.724. The molecule has 3 heterocycles. The Hall–Kier alpha value is -1.13. The van der Waals surface area contributed by atoms with E-state index >= 15 is 0 Å². The van der Waals surface area contributed by atoms with E-state index in [0.717, 1.165) is 30.7 Å². The number of aromatic nitrogens is 1. The SMILES string of the molecule is O=c1c2c(ccn1[C@H]1CCOC1)CNC2. The van der Waals surface area contributed by atoms with Gasteiger partial charge in [-0.15, -0.1) is 0 Å². The summed E-state index contributed by atoms with van der Waals surface area (Å²) in [5.74, 6) is 0. The molecule has 0 unspecified atom stereocenters. The third-order valence-electron chi connectivity index (χ3n) is 3.23. The van der Waals surface area contributed by atoms with Crippen LogP contribution in [-0.4, -0.2) is 17.8 Å². The van der Waals surface area contributed by atoms with Gasteiger partial charge in [-0.3, -0.25) is 4.79 Å². The lowest BCUT2D eigenvalue weighted by Gasteiger charge is -2.13. The van der Waals surface area contributed by atoms with Crippen LogP contribution in [0.4, 0.5) is 0 Å². The van der Waals surface area contributed by atoms with E-state index in [-0.39, 0.29) is 11.6 Å². The van der Waals surface area contributed by atoms with Gasteiger partial charge in [-0.25, -0.2) is 0 Å². The van der Waals surface area contributed by atoms with Crippen molar-refractivity contribution < 1.29 is 4.74 Å². The van der Waals surface area contributed by atoms with E-state index in [4.69, 9.17) is 4.74 Å². The van der Waals surface area contributed by atoms with Gasteiger partial charge < -0.3 is 14.6 Å². The van der Waals surface area contributed by atoms with E-state index < -0.39 is 0 Å². The van der Waals surface area contributed by atoms with E-state index in [1.54, 1.807) is 0 Å². The highest BCUT2D eigenvalue weighted by Crippen LogP contribution is 2.18. The molecule has 0 bridgehead atoms. The molecular formula is C11H14N2O2. The second-order valence-electron chi connectivity index (χ2n) is 4.15. The van der Waals surface area contributed by atoms with Gasteiger partial charge in [0.2, 0.25) is 0 Å². The summed E-state index contributed by atoms with van der Waals surface area (Å²) in [6.07, 6.45) is 2.86. The van der Waals surface area contributed by atoms with Crippen LogP contribution in [0.3, 0.4) is 0 Å². The molecule has 1 fully saturated rings. The minimum Gasteiger partial charge on any atom is -0.379 e. The van der Waals surface area contributed by atoms with Gasteiger partial charge in [0, 0.05) is 31.5 Å². The van der Waals surface area contributed by atoms with Crippen LogP contribution in [0.25, 0.3) is 0 Å². The van der Waals surface area contributed by atoms with Crippen LogP contribution in [0.2, 0.25) is 0 Å². The summed E-state index contributed by atoms with van der Waals surface area (Å²) in [5, 5.41) is 3.20.